The molecule has 1 saturated heterocycles. The number of likely N-dealkylation sites (tertiary alicyclic amines) is 1. The monoisotopic (exact) mass is 231 g/mol. The van der Waals surface area contributed by atoms with E-state index < -0.39 is 29.7 Å². The maximum absolute atomic E-state index is 11.7. The summed E-state index contributed by atoms with van der Waals surface area (Å²) in [6, 6.07) is -0.993. The maximum Gasteiger partial charge on any atom is 0.326 e. The van der Waals surface area contributed by atoms with Crippen molar-refractivity contribution in [2.45, 2.75) is 25.8 Å². The van der Waals surface area contributed by atoms with Gasteiger partial charge in [-0.1, -0.05) is 6.92 Å². The molecule has 0 saturated carbocycles. The Morgan fingerprint density at radius 2 is 2.27 bits per heavy atom. The lowest BCUT2D eigenvalue weighted by atomic mass is 10.1. The van der Waals surface area contributed by atoms with Crippen LogP contribution in [0.2, 0.25) is 0 Å². The Balaban J connectivity index is 2.85. The van der Waals surface area contributed by atoms with E-state index >= 15 is 0 Å². The Kier molecular flexibility index (Phi) is 3.73. The number of carbonyl (C=O) groups excluding carboxylic acids is 2. The molecule has 0 aromatic rings. The van der Waals surface area contributed by atoms with Crippen molar-refractivity contribution in [3.05, 3.63) is 0 Å². The van der Waals surface area contributed by atoms with Crippen molar-refractivity contribution in [1.82, 2.24) is 4.90 Å². The molecule has 2 atom stereocenters. The van der Waals surface area contributed by atoms with Crippen LogP contribution in [0.4, 0.5) is 0 Å². The third kappa shape index (κ3) is 2.31. The summed E-state index contributed by atoms with van der Waals surface area (Å²) in [6.45, 7) is 1.62. The van der Waals surface area contributed by atoms with Gasteiger partial charge in [-0.15, -0.1) is 0 Å². The van der Waals surface area contributed by atoms with Crippen LogP contribution in [0.25, 0.3) is 0 Å². The summed E-state index contributed by atoms with van der Waals surface area (Å²) in [5.74, 6) is -2.10. The molecule has 0 aromatic carbocycles. The standard InChI is InChI=1S/C9H13NO4S/c1-5(4-15)8(12)10-6(9(13)14)2-3-7(10)11/h5-6,15H,2-4H2,1H3,(H,13,14). The highest BCUT2D eigenvalue weighted by atomic mass is 32.1. The summed E-state index contributed by atoms with van der Waals surface area (Å²) in [5, 5.41) is 8.84. The topological polar surface area (TPSA) is 74.7 Å². The Labute approximate surface area is 92.8 Å². The summed E-state index contributed by atoms with van der Waals surface area (Å²) in [7, 11) is 0. The number of aliphatic carboxylic acids is 1. The molecule has 15 heavy (non-hydrogen) atoms. The lowest BCUT2D eigenvalue weighted by Crippen LogP contribution is -2.45. The molecule has 1 fully saturated rings. The van der Waals surface area contributed by atoms with Gasteiger partial charge in [0.05, 0.1) is 0 Å². The number of carboxylic acid groups (broad SMARTS) is 1. The van der Waals surface area contributed by atoms with Crippen molar-refractivity contribution in [3.8, 4) is 0 Å². The van der Waals surface area contributed by atoms with Gasteiger partial charge in [-0.3, -0.25) is 14.5 Å². The van der Waals surface area contributed by atoms with Crippen LogP contribution in [0.5, 0.6) is 0 Å². The molecular formula is C9H13NO4S. The van der Waals surface area contributed by atoms with Crippen LogP contribution in [-0.2, 0) is 14.4 Å². The zero-order chi connectivity index (χ0) is 11.6. The minimum absolute atomic E-state index is 0.127. The predicted molar refractivity (Wildman–Crippen MR) is 55.5 cm³/mol. The van der Waals surface area contributed by atoms with Crippen LogP contribution in [0, 0.1) is 5.92 Å². The van der Waals surface area contributed by atoms with Crippen LogP contribution in [0.3, 0.4) is 0 Å². The van der Waals surface area contributed by atoms with E-state index in [0.29, 0.717) is 5.75 Å². The highest BCUT2D eigenvalue weighted by molar-refractivity contribution is 7.80. The van der Waals surface area contributed by atoms with Crippen LogP contribution >= 0.6 is 12.6 Å². The number of imide groups is 1. The van der Waals surface area contributed by atoms with E-state index in [1.54, 1.807) is 6.92 Å². The molecule has 0 spiro atoms. The molecule has 0 radical (unpaired) electrons. The van der Waals surface area contributed by atoms with Crippen molar-refractivity contribution in [1.29, 1.82) is 0 Å². The van der Waals surface area contributed by atoms with E-state index in [1.165, 1.54) is 0 Å². The summed E-state index contributed by atoms with van der Waals surface area (Å²) in [6.07, 6.45) is 0.335. The van der Waals surface area contributed by atoms with Gasteiger partial charge in [-0.05, 0) is 6.42 Å². The fraction of sp³-hybridized carbons (Fsp3) is 0.667. The average molecular weight is 231 g/mol. The average Bonchev–Trinajstić information content (AvgIpc) is 2.58. The minimum atomic E-state index is -1.12. The number of carbonyl (C=O) groups is 3. The van der Waals surface area contributed by atoms with Crippen LogP contribution in [0.15, 0.2) is 0 Å². The quantitative estimate of drug-likeness (QED) is 0.678. The second kappa shape index (κ2) is 4.65. The largest absolute Gasteiger partial charge is 0.480 e. The molecule has 2 amide bonds. The summed E-state index contributed by atoms with van der Waals surface area (Å²) in [4.78, 5) is 34.7. The van der Waals surface area contributed by atoms with E-state index in [2.05, 4.69) is 12.6 Å². The number of nitrogens with zero attached hydrogens (tertiary/aromatic N) is 1. The summed E-state index contributed by atoms with van der Waals surface area (Å²) in [5.41, 5.74) is 0. The third-order valence-corrected chi connectivity index (χ3v) is 2.98. The Bertz CT molecular complexity index is 304. The number of hydrogen-bond acceptors (Lipinski definition) is 4. The SMILES string of the molecule is CC(CS)C(=O)N1C(=O)CCC1C(=O)O. The lowest BCUT2D eigenvalue weighted by molar-refractivity contribution is -0.155. The van der Waals surface area contributed by atoms with Crippen molar-refractivity contribution in [3.63, 3.8) is 0 Å². The molecule has 2 unspecified atom stereocenters. The number of hydrogen-bond donors (Lipinski definition) is 2. The van der Waals surface area contributed by atoms with E-state index in [9.17, 15) is 14.4 Å². The number of carboxylic acids is 1. The van der Waals surface area contributed by atoms with Crippen LogP contribution < -0.4 is 0 Å². The van der Waals surface area contributed by atoms with E-state index in [1.807, 2.05) is 0 Å². The van der Waals surface area contributed by atoms with E-state index in [-0.39, 0.29) is 12.8 Å². The zero-order valence-electron chi connectivity index (χ0n) is 8.34. The molecule has 1 rings (SSSR count). The molecule has 0 aliphatic carbocycles. The smallest absolute Gasteiger partial charge is 0.326 e. The van der Waals surface area contributed by atoms with Gasteiger partial charge < -0.3 is 5.11 Å². The molecule has 1 heterocycles. The van der Waals surface area contributed by atoms with Crippen molar-refractivity contribution < 1.29 is 19.5 Å². The normalized spacial score (nSPS) is 22.9. The zero-order valence-corrected chi connectivity index (χ0v) is 9.24. The molecule has 0 bridgehead atoms. The Hall–Kier alpha value is -1.04. The van der Waals surface area contributed by atoms with Gasteiger partial charge in [0.1, 0.15) is 6.04 Å². The first-order valence-electron chi connectivity index (χ1n) is 4.68. The fourth-order valence-corrected chi connectivity index (χ4v) is 1.67. The van der Waals surface area contributed by atoms with Crippen molar-refractivity contribution in [2.24, 2.45) is 5.92 Å². The molecule has 1 aliphatic heterocycles. The van der Waals surface area contributed by atoms with Gasteiger partial charge in [0.25, 0.3) is 0 Å². The van der Waals surface area contributed by atoms with Gasteiger partial charge >= 0.3 is 5.97 Å². The second-order valence-electron chi connectivity index (χ2n) is 3.58. The first-order valence-corrected chi connectivity index (χ1v) is 5.31. The molecule has 84 valence electrons. The highest BCUT2D eigenvalue weighted by Crippen LogP contribution is 2.21. The number of rotatable bonds is 3. The first-order chi connectivity index (χ1) is 6.99. The van der Waals surface area contributed by atoms with Gasteiger partial charge in [0.15, 0.2) is 0 Å². The predicted octanol–water partition coefficient (Wildman–Crippen LogP) is 0.154. The van der Waals surface area contributed by atoms with Gasteiger partial charge in [-0.2, -0.15) is 12.6 Å². The molecule has 5 nitrogen and oxygen atoms in total. The maximum atomic E-state index is 11.7. The van der Waals surface area contributed by atoms with Crippen molar-refractivity contribution >= 4 is 30.4 Å². The van der Waals surface area contributed by atoms with Crippen LogP contribution in [0.1, 0.15) is 19.8 Å². The number of thiol groups is 1. The third-order valence-electron chi connectivity index (χ3n) is 2.43. The Morgan fingerprint density at radius 3 is 2.73 bits per heavy atom. The molecular weight excluding hydrogens is 218 g/mol. The van der Waals surface area contributed by atoms with Crippen LogP contribution in [-0.4, -0.2) is 39.6 Å². The van der Waals surface area contributed by atoms with Gasteiger partial charge in [-0.25, -0.2) is 4.79 Å². The van der Waals surface area contributed by atoms with E-state index in [4.69, 9.17) is 5.11 Å². The highest BCUT2D eigenvalue weighted by Gasteiger charge is 2.41. The molecule has 0 aromatic heterocycles. The van der Waals surface area contributed by atoms with Gasteiger partial charge in [0, 0.05) is 18.1 Å². The Morgan fingerprint density at radius 1 is 1.67 bits per heavy atom. The molecule has 1 N–H and O–H groups in total. The number of amides is 2. The molecule has 6 heteroatoms. The second-order valence-corrected chi connectivity index (χ2v) is 3.94. The molecule has 1 aliphatic rings. The van der Waals surface area contributed by atoms with Crippen molar-refractivity contribution in [2.75, 3.05) is 5.75 Å². The summed E-state index contributed by atoms with van der Waals surface area (Å²) >= 11 is 3.95. The summed E-state index contributed by atoms with van der Waals surface area (Å²) < 4.78 is 0. The minimum Gasteiger partial charge on any atom is -0.480 e. The fourth-order valence-electron chi connectivity index (χ4n) is 1.51. The van der Waals surface area contributed by atoms with Gasteiger partial charge in [0.2, 0.25) is 11.8 Å². The first kappa shape index (κ1) is 12.0. The van der Waals surface area contributed by atoms with E-state index in [0.717, 1.165) is 4.90 Å². The lowest BCUT2D eigenvalue weighted by Gasteiger charge is -2.22.